The topological polar surface area (TPSA) is 178 Å². The number of aromatic amines is 1. The van der Waals surface area contributed by atoms with Crippen LogP contribution in [0.2, 0.25) is 0 Å². The summed E-state index contributed by atoms with van der Waals surface area (Å²) in [5, 5.41) is 28.4. The molecule has 2 N–H and O–H groups in total. The SMILES string of the molecule is O=c1[nH]nc(-c2ccccc2N=Cc2ccc(Br)cc2)c(=O)n1Nc1ccc([N+](=O)[O-])cc1[N+](=O)[O-]. The third-order valence-electron chi connectivity index (χ3n) is 4.88. The maximum absolute atomic E-state index is 13.2. The highest BCUT2D eigenvalue weighted by molar-refractivity contribution is 9.10. The maximum Gasteiger partial charge on any atom is 0.364 e. The van der Waals surface area contributed by atoms with Crippen molar-refractivity contribution in [1.29, 1.82) is 0 Å². The Morgan fingerprint density at radius 2 is 1.72 bits per heavy atom. The molecule has 0 aliphatic rings. The standard InChI is InChI=1S/C22H14BrN7O6/c23-14-7-5-13(6-8-14)12-24-17-4-2-1-3-16(17)20-21(31)28(22(32)26-25-20)27-18-10-9-15(29(33)34)11-19(18)30(35)36/h1-12,27H,(H,26,32). The summed E-state index contributed by atoms with van der Waals surface area (Å²) in [6.45, 7) is 0. The van der Waals surface area contributed by atoms with Gasteiger partial charge in [0.1, 0.15) is 5.69 Å². The van der Waals surface area contributed by atoms with Gasteiger partial charge in [0, 0.05) is 22.3 Å². The number of nitro groups is 2. The second-order valence-corrected chi connectivity index (χ2v) is 8.09. The van der Waals surface area contributed by atoms with Crippen LogP contribution in [0, 0.1) is 20.2 Å². The summed E-state index contributed by atoms with van der Waals surface area (Å²) in [4.78, 5) is 50.7. The molecule has 0 saturated heterocycles. The zero-order valence-corrected chi connectivity index (χ0v) is 19.6. The maximum atomic E-state index is 13.2. The van der Waals surface area contributed by atoms with E-state index in [1.807, 2.05) is 24.3 Å². The molecule has 0 saturated carbocycles. The summed E-state index contributed by atoms with van der Waals surface area (Å²) in [6.07, 6.45) is 1.59. The van der Waals surface area contributed by atoms with Crippen molar-refractivity contribution in [2.24, 2.45) is 4.99 Å². The van der Waals surface area contributed by atoms with E-state index >= 15 is 0 Å². The molecular formula is C22H14BrN7O6. The largest absolute Gasteiger partial charge is 0.364 e. The molecule has 1 aromatic heterocycles. The van der Waals surface area contributed by atoms with Crippen molar-refractivity contribution >= 4 is 44.9 Å². The molecule has 1 heterocycles. The zero-order valence-electron chi connectivity index (χ0n) is 18.0. The number of nitrogens with zero attached hydrogens (tertiary/aromatic N) is 5. The van der Waals surface area contributed by atoms with Crippen molar-refractivity contribution in [1.82, 2.24) is 14.9 Å². The predicted molar refractivity (Wildman–Crippen MR) is 135 cm³/mol. The molecule has 0 bridgehead atoms. The molecule has 0 radical (unpaired) electrons. The van der Waals surface area contributed by atoms with E-state index in [0.717, 1.165) is 28.2 Å². The molecule has 0 amide bonds. The number of benzene rings is 3. The van der Waals surface area contributed by atoms with Crippen LogP contribution >= 0.6 is 15.9 Å². The summed E-state index contributed by atoms with van der Waals surface area (Å²) in [6, 6.07) is 16.7. The van der Waals surface area contributed by atoms with Crippen LogP contribution in [-0.2, 0) is 0 Å². The van der Waals surface area contributed by atoms with E-state index in [1.54, 1.807) is 30.5 Å². The average Bonchev–Trinajstić information content (AvgIpc) is 2.86. The van der Waals surface area contributed by atoms with E-state index in [0.29, 0.717) is 15.9 Å². The monoisotopic (exact) mass is 551 g/mol. The number of aliphatic imine (C=N–C) groups is 1. The summed E-state index contributed by atoms with van der Waals surface area (Å²) in [5.74, 6) is 0. The molecule has 0 aliphatic carbocycles. The number of halogens is 1. The van der Waals surface area contributed by atoms with Crippen LogP contribution in [0.15, 0.2) is 85.8 Å². The first-order chi connectivity index (χ1) is 17.2. The number of rotatable bonds is 7. The van der Waals surface area contributed by atoms with Gasteiger partial charge in [0.15, 0.2) is 5.69 Å². The van der Waals surface area contributed by atoms with Gasteiger partial charge in [-0.1, -0.05) is 46.3 Å². The van der Waals surface area contributed by atoms with E-state index in [2.05, 4.69) is 36.5 Å². The number of H-pyrrole nitrogens is 1. The van der Waals surface area contributed by atoms with E-state index in [1.165, 1.54) is 0 Å². The molecule has 13 nitrogen and oxygen atoms in total. The molecule has 0 atom stereocenters. The minimum Gasteiger partial charge on any atom is -0.280 e. The Bertz CT molecular complexity index is 1630. The van der Waals surface area contributed by atoms with Gasteiger partial charge in [0.2, 0.25) is 0 Å². The summed E-state index contributed by atoms with van der Waals surface area (Å²) >= 11 is 3.36. The van der Waals surface area contributed by atoms with E-state index in [9.17, 15) is 29.8 Å². The number of para-hydroxylation sites is 1. The van der Waals surface area contributed by atoms with Gasteiger partial charge < -0.3 is 0 Å². The highest BCUT2D eigenvalue weighted by Crippen LogP contribution is 2.29. The van der Waals surface area contributed by atoms with E-state index in [4.69, 9.17) is 0 Å². The minimum atomic E-state index is -1.01. The molecule has 0 fully saturated rings. The number of nitro benzene ring substituents is 2. The van der Waals surface area contributed by atoms with Crippen molar-refractivity contribution in [3.8, 4) is 11.3 Å². The second kappa shape index (κ2) is 10.1. The third kappa shape index (κ3) is 5.07. The van der Waals surface area contributed by atoms with Crippen LogP contribution in [0.4, 0.5) is 22.7 Å². The number of hydrogen-bond donors (Lipinski definition) is 2. The molecule has 0 spiro atoms. The Balaban J connectivity index is 1.77. The third-order valence-corrected chi connectivity index (χ3v) is 5.40. The number of hydrogen-bond acceptors (Lipinski definition) is 9. The van der Waals surface area contributed by atoms with Gasteiger partial charge in [-0.15, -0.1) is 0 Å². The number of non-ortho nitro benzene ring substituents is 1. The van der Waals surface area contributed by atoms with Crippen molar-refractivity contribution in [3.05, 3.63) is 118 Å². The summed E-state index contributed by atoms with van der Waals surface area (Å²) in [7, 11) is 0. The van der Waals surface area contributed by atoms with Gasteiger partial charge in [0.05, 0.1) is 21.6 Å². The van der Waals surface area contributed by atoms with Gasteiger partial charge >= 0.3 is 16.9 Å². The highest BCUT2D eigenvalue weighted by atomic mass is 79.9. The van der Waals surface area contributed by atoms with Crippen LogP contribution in [0.5, 0.6) is 0 Å². The van der Waals surface area contributed by atoms with Crippen LogP contribution in [0.1, 0.15) is 5.56 Å². The molecule has 4 rings (SSSR count). The van der Waals surface area contributed by atoms with Gasteiger partial charge in [-0.05, 0) is 29.8 Å². The van der Waals surface area contributed by atoms with Crippen LogP contribution in [0.25, 0.3) is 11.3 Å². The molecular weight excluding hydrogens is 538 g/mol. The highest BCUT2D eigenvalue weighted by Gasteiger charge is 2.22. The molecule has 0 unspecified atom stereocenters. The lowest BCUT2D eigenvalue weighted by Crippen LogP contribution is -2.41. The summed E-state index contributed by atoms with van der Waals surface area (Å²) in [5.41, 5.74) is 0.186. The molecule has 4 aromatic rings. The first-order valence-corrected chi connectivity index (χ1v) is 10.8. The normalized spacial score (nSPS) is 10.9. The van der Waals surface area contributed by atoms with E-state index in [-0.39, 0.29) is 11.4 Å². The van der Waals surface area contributed by atoms with Crippen molar-refractivity contribution in [2.75, 3.05) is 5.43 Å². The predicted octanol–water partition coefficient (Wildman–Crippen LogP) is 3.80. The fourth-order valence-corrected chi connectivity index (χ4v) is 3.42. The van der Waals surface area contributed by atoms with Gasteiger partial charge in [0.25, 0.3) is 5.69 Å². The quantitative estimate of drug-likeness (QED) is 0.197. The first kappa shape index (κ1) is 24.2. The Hall–Kier alpha value is -4.98. The molecule has 0 aliphatic heterocycles. The van der Waals surface area contributed by atoms with Gasteiger partial charge in [-0.25, -0.2) is 9.89 Å². The van der Waals surface area contributed by atoms with Crippen LogP contribution < -0.4 is 16.7 Å². The van der Waals surface area contributed by atoms with Gasteiger partial charge in [-0.2, -0.15) is 9.77 Å². The number of aromatic nitrogens is 3. The smallest absolute Gasteiger partial charge is 0.280 e. The molecule has 3 aromatic carbocycles. The van der Waals surface area contributed by atoms with Crippen LogP contribution in [0.3, 0.4) is 0 Å². The number of anilines is 1. The summed E-state index contributed by atoms with van der Waals surface area (Å²) < 4.78 is 1.39. The van der Waals surface area contributed by atoms with Crippen molar-refractivity contribution < 1.29 is 9.85 Å². The van der Waals surface area contributed by atoms with Crippen molar-refractivity contribution in [2.45, 2.75) is 0 Å². The zero-order chi connectivity index (χ0) is 25.8. The molecule has 36 heavy (non-hydrogen) atoms. The Kier molecular flexibility index (Phi) is 6.78. The fourth-order valence-electron chi connectivity index (χ4n) is 3.16. The minimum absolute atomic E-state index is 0.185. The Morgan fingerprint density at radius 3 is 2.42 bits per heavy atom. The van der Waals surface area contributed by atoms with Crippen molar-refractivity contribution in [3.63, 3.8) is 0 Å². The van der Waals surface area contributed by atoms with Crippen LogP contribution in [-0.4, -0.2) is 30.9 Å². The van der Waals surface area contributed by atoms with Gasteiger partial charge in [-0.3, -0.25) is 35.4 Å². The Labute approximate surface area is 209 Å². The lowest BCUT2D eigenvalue weighted by Gasteiger charge is -2.10. The molecule has 14 heteroatoms. The Morgan fingerprint density at radius 1 is 1.00 bits per heavy atom. The number of nitrogens with one attached hydrogen (secondary N) is 2. The first-order valence-electron chi connectivity index (χ1n) is 10.1. The molecule has 180 valence electrons. The fraction of sp³-hybridized carbons (Fsp3) is 0. The second-order valence-electron chi connectivity index (χ2n) is 7.17. The lowest BCUT2D eigenvalue weighted by atomic mass is 10.1. The average molecular weight is 552 g/mol. The lowest BCUT2D eigenvalue weighted by molar-refractivity contribution is -0.393. The van der Waals surface area contributed by atoms with E-state index < -0.39 is 32.5 Å².